The van der Waals surface area contributed by atoms with Gasteiger partial charge in [0.05, 0.1) is 35.7 Å². The molecule has 22 heteroatoms. The van der Waals surface area contributed by atoms with E-state index in [2.05, 4.69) is 56.4 Å². The molecular weight excluding hydrogens is 882 g/mol. The second-order valence-electron chi connectivity index (χ2n) is 15.1. The first-order valence-corrected chi connectivity index (χ1v) is 20.6. The Bertz CT molecular complexity index is 3670. The third kappa shape index (κ3) is 9.73. The molecule has 6 N–H and O–H groups in total. The van der Waals surface area contributed by atoms with E-state index in [1.54, 1.807) is 85.9 Å². The van der Waals surface area contributed by atoms with Crippen LogP contribution in [-0.4, -0.2) is 67.8 Å². The molecule has 0 bridgehead atoms. The van der Waals surface area contributed by atoms with Gasteiger partial charge in [0.15, 0.2) is 22.5 Å². The molecule has 0 fully saturated rings. The zero-order valence-electron chi connectivity index (χ0n) is 35.6. The number of rotatable bonds is 12. The van der Waals surface area contributed by atoms with E-state index in [-0.39, 0.29) is 54.8 Å². The summed E-state index contributed by atoms with van der Waals surface area (Å²) in [5.41, 5.74) is 6.43. The Morgan fingerprint density at radius 1 is 0.574 bits per heavy atom. The largest absolute Gasteiger partial charge is 0.417 e. The van der Waals surface area contributed by atoms with Crippen molar-refractivity contribution in [2.24, 2.45) is 0 Å². The number of hydrogen-bond donors (Lipinski definition) is 6. The molecule has 0 radical (unpaired) electrons. The van der Waals surface area contributed by atoms with E-state index in [1.807, 2.05) is 6.07 Å². The Balaban J connectivity index is 0.000000170. The summed E-state index contributed by atoms with van der Waals surface area (Å²) in [7, 11) is 0. The van der Waals surface area contributed by atoms with E-state index in [1.165, 1.54) is 39.6 Å². The van der Waals surface area contributed by atoms with Gasteiger partial charge in [-0.05, 0) is 71.6 Å². The number of fused-ring (bicyclic) bond motifs is 4. The van der Waals surface area contributed by atoms with Gasteiger partial charge in [0.2, 0.25) is 0 Å². The number of carbonyl (C=O) groups excluding carboxylic acids is 4. The highest BCUT2D eigenvalue weighted by atomic mass is 19.1. The molecule has 7 heterocycles. The molecule has 21 nitrogen and oxygen atoms in total. The molecule has 0 saturated carbocycles. The van der Waals surface area contributed by atoms with Crippen LogP contribution in [0.5, 0.6) is 0 Å². The molecule has 0 unspecified atom stereocenters. The highest BCUT2D eigenvalue weighted by molar-refractivity contribution is 5.99. The Hall–Kier alpha value is -9.60. The first-order valence-electron chi connectivity index (χ1n) is 20.6. The number of oxazole rings is 2. The molecule has 0 atom stereocenters. The van der Waals surface area contributed by atoms with Crippen LogP contribution >= 0.6 is 0 Å². The average molecular weight is 918 g/mol. The van der Waals surface area contributed by atoms with E-state index in [9.17, 15) is 33.2 Å². The molecule has 0 aliphatic heterocycles. The van der Waals surface area contributed by atoms with Gasteiger partial charge in [0.25, 0.3) is 23.6 Å². The quantitative estimate of drug-likeness (QED) is 0.102. The van der Waals surface area contributed by atoms with Crippen LogP contribution in [0.4, 0.5) is 4.39 Å². The van der Waals surface area contributed by atoms with Crippen molar-refractivity contribution < 1.29 is 32.4 Å². The number of aryl methyl sites for hydroxylation is 1. The molecule has 340 valence electrons. The van der Waals surface area contributed by atoms with Crippen LogP contribution in [0.15, 0.2) is 134 Å². The lowest BCUT2D eigenvalue weighted by molar-refractivity contribution is 0.0927. The third-order valence-corrected chi connectivity index (χ3v) is 10.4. The van der Waals surface area contributed by atoms with Crippen LogP contribution in [-0.2, 0) is 26.2 Å². The van der Waals surface area contributed by atoms with Gasteiger partial charge in [0.1, 0.15) is 28.6 Å². The molecule has 0 aliphatic carbocycles. The van der Waals surface area contributed by atoms with E-state index in [0.29, 0.717) is 44.8 Å². The van der Waals surface area contributed by atoms with Crippen LogP contribution < -0.4 is 32.8 Å². The normalized spacial score (nSPS) is 11.1. The number of halogens is 1. The third-order valence-electron chi connectivity index (χ3n) is 10.4. The fourth-order valence-corrected chi connectivity index (χ4v) is 7.00. The van der Waals surface area contributed by atoms with Crippen LogP contribution in [0, 0.1) is 12.7 Å². The second kappa shape index (κ2) is 18.9. The lowest BCUT2D eigenvalue weighted by atomic mass is 10.1. The SMILES string of the molecule is Cc1cc(CNC(=O)c2cc(C(=O)NCc3ccc4oc(=O)[nH]c4c3)nc3ccnn23)ccc1F.O=C(NCc1ccc2oc(=O)[nH]c2c1)c1cc(C(=O)NCc2ccccn2)n2nccc2n1. The number of hydrogen-bond acceptors (Lipinski definition) is 13. The highest BCUT2D eigenvalue weighted by Gasteiger charge is 2.20. The van der Waals surface area contributed by atoms with E-state index in [0.717, 1.165) is 16.7 Å². The molecular formula is C46H36FN13O8. The molecule has 68 heavy (non-hydrogen) atoms. The van der Waals surface area contributed by atoms with Gasteiger partial charge in [-0.25, -0.2) is 33.0 Å². The fraction of sp³-hybridized carbons (Fsp3) is 0.109. The molecule has 0 saturated heterocycles. The monoisotopic (exact) mass is 917 g/mol. The number of pyridine rings is 1. The summed E-state index contributed by atoms with van der Waals surface area (Å²) in [6, 6.07) is 26.1. The van der Waals surface area contributed by atoms with Crippen molar-refractivity contribution in [2.75, 3.05) is 0 Å². The summed E-state index contributed by atoms with van der Waals surface area (Å²) in [6.07, 6.45) is 4.62. The van der Waals surface area contributed by atoms with Crippen LogP contribution in [0.2, 0.25) is 0 Å². The average Bonchev–Trinajstić information content (AvgIpc) is 4.17. The number of H-pyrrole nitrogens is 2. The summed E-state index contributed by atoms with van der Waals surface area (Å²) in [5, 5.41) is 19.3. The van der Waals surface area contributed by atoms with Gasteiger partial charge in [-0.1, -0.05) is 30.3 Å². The van der Waals surface area contributed by atoms with Gasteiger partial charge >= 0.3 is 11.5 Å². The number of aromatic nitrogens is 9. The van der Waals surface area contributed by atoms with Crippen molar-refractivity contribution in [1.29, 1.82) is 0 Å². The van der Waals surface area contributed by atoms with Crippen LogP contribution in [0.25, 0.3) is 33.5 Å². The van der Waals surface area contributed by atoms with Gasteiger partial charge in [0, 0.05) is 50.1 Å². The van der Waals surface area contributed by atoms with Gasteiger partial charge < -0.3 is 30.1 Å². The molecule has 0 aliphatic rings. The van der Waals surface area contributed by atoms with Crippen molar-refractivity contribution in [3.05, 3.63) is 193 Å². The molecule has 4 amide bonds. The zero-order chi connectivity index (χ0) is 47.3. The number of amides is 4. The lowest BCUT2D eigenvalue weighted by Crippen LogP contribution is -2.28. The Labute approximate surface area is 380 Å². The summed E-state index contributed by atoms with van der Waals surface area (Å²) in [6.45, 7) is 2.40. The van der Waals surface area contributed by atoms with Crippen LogP contribution in [0.3, 0.4) is 0 Å². The van der Waals surface area contributed by atoms with Crippen molar-refractivity contribution >= 4 is 57.1 Å². The van der Waals surface area contributed by atoms with Gasteiger partial charge in [-0.3, -0.25) is 34.1 Å². The number of benzene rings is 3. The molecule has 7 aromatic heterocycles. The minimum absolute atomic E-state index is 0.0403. The summed E-state index contributed by atoms with van der Waals surface area (Å²) in [5.74, 6) is -3.25. The lowest BCUT2D eigenvalue weighted by Gasteiger charge is -2.10. The maximum absolute atomic E-state index is 13.5. The van der Waals surface area contributed by atoms with Crippen molar-refractivity contribution in [2.45, 2.75) is 33.1 Å². The number of nitrogens with zero attached hydrogens (tertiary/aromatic N) is 7. The zero-order valence-corrected chi connectivity index (χ0v) is 35.6. The minimum atomic E-state index is -0.556. The number of nitrogens with one attached hydrogen (secondary N) is 6. The summed E-state index contributed by atoms with van der Waals surface area (Å²) in [4.78, 5) is 91.9. The first kappa shape index (κ1) is 43.6. The van der Waals surface area contributed by atoms with Gasteiger partial charge in [-0.2, -0.15) is 10.2 Å². The summed E-state index contributed by atoms with van der Waals surface area (Å²) < 4.78 is 26.2. The van der Waals surface area contributed by atoms with Gasteiger partial charge in [-0.15, -0.1) is 0 Å². The second-order valence-corrected chi connectivity index (χ2v) is 15.1. The molecule has 0 spiro atoms. The Kier molecular flexibility index (Phi) is 12.1. The predicted octanol–water partition coefficient (Wildman–Crippen LogP) is 3.89. The standard InChI is InChI=1S/C24H19FN6O4.C22H17N7O4/c1-13-8-14(2-4-16(13)25)11-27-23(33)19-10-18(29-21-6-7-28-31(19)21)22(32)26-12-15-3-5-20-17(9-15)30-24(34)35-20;30-20(24-11-13-4-5-18-15(9-13)28-22(32)33-18)16-10-17(29-19(27-16)6-8-26-29)21(31)25-12-14-3-1-2-7-23-14/h2-10H,11-12H2,1H3,(H,26,32)(H,27,33)(H,30,34);1-10H,11-12H2,(H,24,30)(H,25,31)(H,28,32). The van der Waals surface area contributed by atoms with E-state index >= 15 is 0 Å². The Morgan fingerprint density at radius 2 is 1.06 bits per heavy atom. The van der Waals surface area contributed by atoms with E-state index < -0.39 is 35.1 Å². The van der Waals surface area contributed by atoms with Crippen molar-refractivity contribution in [1.82, 2.24) is 65.4 Å². The summed E-state index contributed by atoms with van der Waals surface area (Å²) >= 11 is 0. The predicted molar refractivity (Wildman–Crippen MR) is 240 cm³/mol. The molecule has 10 rings (SSSR count). The number of aromatic amines is 2. The maximum Gasteiger partial charge on any atom is 0.417 e. The minimum Gasteiger partial charge on any atom is -0.408 e. The number of carbonyl (C=O) groups is 4. The topological polar surface area (TPSA) is 282 Å². The highest BCUT2D eigenvalue weighted by Crippen LogP contribution is 2.16. The Morgan fingerprint density at radius 3 is 1.56 bits per heavy atom. The first-order chi connectivity index (χ1) is 32.9. The smallest absolute Gasteiger partial charge is 0.408 e. The molecule has 10 aromatic rings. The van der Waals surface area contributed by atoms with Crippen LogP contribution in [0.1, 0.15) is 69.9 Å². The molecule has 3 aromatic carbocycles. The van der Waals surface area contributed by atoms with Crippen molar-refractivity contribution in [3.63, 3.8) is 0 Å². The maximum atomic E-state index is 13.5. The van der Waals surface area contributed by atoms with E-state index in [4.69, 9.17) is 8.83 Å². The fourth-order valence-electron chi connectivity index (χ4n) is 7.00. The van der Waals surface area contributed by atoms with Crippen molar-refractivity contribution in [3.8, 4) is 0 Å².